The van der Waals surface area contributed by atoms with Gasteiger partial charge in [-0.1, -0.05) is 6.07 Å². The predicted molar refractivity (Wildman–Crippen MR) is 70.3 cm³/mol. The molecule has 0 saturated heterocycles. The van der Waals surface area contributed by atoms with Crippen LogP contribution in [-0.2, 0) is 0 Å². The molecule has 0 aliphatic heterocycles. The number of halogens is 3. The molecular formula is C13H11BrF2N2. The lowest BCUT2D eigenvalue weighted by Crippen LogP contribution is -2.11. The quantitative estimate of drug-likeness (QED) is 0.855. The fourth-order valence-corrected chi connectivity index (χ4v) is 1.94. The van der Waals surface area contributed by atoms with Crippen molar-refractivity contribution in [1.29, 1.82) is 0 Å². The standard InChI is InChI=1S/C13H11BrF2N2/c1-8(13-10(15)3-2-4-11(13)16)18-9-5-6-12(14)17-7-9/h2-8,18H,1H3. The topological polar surface area (TPSA) is 24.9 Å². The number of benzene rings is 1. The Kier molecular flexibility index (Phi) is 3.91. The molecule has 0 radical (unpaired) electrons. The monoisotopic (exact) mass is 312 g/mol. The lowest BCUT2D eigenvalue weighted by Gasteiger charge is -2.16. The second-order valence-electron chi connectivity index (χ2n) is 3.87. The number of aromatic nitrogens is 1. The summed E-state index contributed by atoms with van der Waals surface area (Å²) >= 11 is 3.22. The van der Waals surface area contributed by atoms with E-state index in [9.17, 15) is 8.78 Å². The third-order valence-corrected chi connectivity index (χ3v) is 3.01. The van der Waals surface area contributed by atoms with Crippen LogP contribution in [0.2, 0.25) is 0 Å². The zero-order valence-corrected chi connectivity index (χ0v) is 11.2. The van der Waals surface area contributed by atoms with Crippen LogP contribution in [0.25, 0.3) is 0 Å². The summed E-state index contributed by atoms with van der Waals surface area (Å²) in [7, 11) is 0. The van der Waals surface area contributed by atoms with Crippen molar-refractivity contribution in [2.45, 2.75) is 13.0 Å². The number of anilines is 1. The molecule has 1 N–H and O–H groups in total. The van der Waals surface area contributed by atoms with Crippen LogP contribution < -0.4 is 5.32 Å². The van der Waals surface area contributed by atoms with Gasteiger partial charge in [0.15, 0.2) is 0 Å². The molecular weight excluding hydrogens is 302 g/mol. The minimum Gasteiger partial charge on any atom is -0.377 e. The van der Waals surface area contributed by atoms with Crippen molar-refractivity contribution in [3.63, 3.8) is 0 Å². The number of nitrogens with zero attached hydrogens (tertiary/aromatic N) is 1. The highest BCUT2D eigenvalue weighted by atomic mass is 79.9. The first-order valence-electron chi connectivity index (χ1n) is 5.40. The fraction of sp³-hybridized carbons (Fsp3) is 0.154. The highest BCUT2D eigenvalue weighted by Gasteiger charge is 2.15. The van der Waals surface area contributed by atoms with Gasteiger partial charge >= 0.3 is 0 Å². The van der Waals surface area contributed by atoms with Gasteiger partial charge in [0.1, 0.15) is 16.2 Å². The number of rotatable bonds is 3. The molecule has 0 spiro atoms. The van der Waals surface area contributed by atoms with E-state index in [4.69, 9.17) is 0 Å². The molecule has 2 aromatic rings. The van der Waals surface area contributed by atoms with E-state index in [1.165, 1.54) is 18.2 Å². The van der Waals surface area contributed by atoms with E-state index >= 15 is 0 Å². The molecule has 2 rings (SSSR count). The van der Waals surface area contributed by atoms with Crippen molar-refractivity contribution in [3.05, 3.63) is 58.3 Å². The van der Waals surface area contributed by atoms with Gasteiger partial charge in [0.2, 0.25) is 0 Å². The number of hydrogen-bond donors (Lipinski definition) is 1. The van der Waals surface area contributed by atoms with Crippen molar-refractivity contribution in [3.8, 4) is 0 Å². The van der Waals surface area contributed by atoms with Crippen LogP contribution in [0, 0.1) is 11.6 Å². The van der Waals surface area contributed by atoms with E-state index in [0.29, 0.717) is 10.3 Å². The zero-order valence-electron chi connectivity index (χ0n) is 9.62. The van der Waals surface area contributed by atoms with Crippen molar-refractivity contribution in [2.75, 3.05) is 5.32 Å². The normalized spacial score (nSPS) is 12.2. The number of nitrogens with one attached hydrogen (secondary N) is 1. The molecule has 1 unspecified atom stereocenters. The maximum absolute atomic E-state index is 13.6. The molecule has 0 aliphatic rings. The summed E-state index contributed by atoms with van der Waals surface area (Å²) in [5, 5.41) is 3.00. The SMILES string of the molecule is CC(Nc1ccc(Br)nc1)c1c(F)cccc1F. The smallest absolute Gasteiger partial charge is 0.131 e. The molecule has 0 fully saturated rings. The van der Waals surface area contributed by atoms with Crippen molar-refractivity contribution < 1.29 is 8.78 Å². The molecule has 1 aromatic carbocycles. The van der Waals surface area contributed by atoms with Crippen molar-refractivity contribution in [1.82, 2.24) is 4.98 Å². The van der Waals surface area contributed by atoms with E-state index in [2.05, 4.69) is 26.2 Å². The summed E-state index contributed by atoms with van der Waals surface area (Å²) in [5.41, 5.74) is 0.730. The van der Waals surface area contributed by atoms with E-state index in [0.717, 1.165) is 0 Å². The Balaban J connectivity index is 2.22. The maximum atomic E-state index is 13.6. The largest absolute Gasteiger partial charge is 0.377 e. The summed E-state index contributed by atoms with van der Waals surface area (Å²) in [6, 6.07) is 6.91. The van der Waals surface area contributed by atoms with Crippen molar-refractivity contribution in [2.24, 2.45) is 0 Å². The summed E-state index contributed by atoms with van der Waals surface area (Å²) in [6.45, 7) is 1.70. The van der Waals surface area contributed by atoms with Crippen LogP contribution in [0.5, 0.6) is 0 Å². The molecule has 5 heteroatoms. The highest BCUT2D eigenvalue weighted by Crippen LogP contribution is 2.24. The Labute approximate surface area is 112 Å². The Bertz CT molecular complexity index is 523. The van der Waals surface area contributed by atoms with Crippen LogP contribution in [0.1, 0.15) is 18.5 Å². The van der Waals surface area contributed by atoms with Gasteiger partial charge in [0.05, 0.1) is 17.9 Å². The van der Waals surface area contributed by atoms with Crippen molar-refractivity contribution >= 4 is 21.6 Å². The third kappa shape index (κ3) is 2.85. The molecule has 0 saturated carbocycles. The average Bonchev–Trinajstić information content (AvgIpc) is 2.32. The molecule has 0 bridgehead atoms. The number of pyridine rings is 1. The molecule has 1 heterocycles. The molecule has 94 valence electrons. The van der Waals surface area contributed by atoms with Crippen LogP contribution in [0.15, 0.2) is 41.1 Å². The first-order valence-corrected chi connectivity index (χ1v) is 6.19. The first kappa shape index (κ1) is 13.0. The minimum atomic E-state index is -0.555. The van der Waals surface area contributed by atoms with Crippen LogP contribution in [0.4, 0.5) is 14.5 Å². The van der Waals surface area contributed by atoms with Gasteiger partial charge in [0.25, 0.3) is 0 Å². The van der Waals surface area contributed by atoms with E-state index in [1.54, 1.807) is 25.3 Å². The van der Waals surface area contributed by atoms with Gasteiger partial charge < -0.3 is 5.32 Å². The predicted octanol–water partition coefficient (Wildman–Crippen LogP) is 4.30. The first-order chi connectivity index (χ1) is 8.58. The summed E-state index contributed by atoms with van der Waals surface area (Å²) < 4.78 is 27.8. The minimum absolute atomic E-state index is 0.0282. The summed E-state index contributed by atoms with van der Waals surface area (Å²) in [5.74, 6) is -1.11. The van der Waals surface area contributed by atoms with Crippen LogP contribution in [0.3, 0.4) is 0 Å². The van der Waals surface area contributed by atoms with Gasteiger partial charge in [-0.05, 0) is 47.1 Å². The maximum Gasteiger partial charge on any atom is 0.131 e. The third-order valence-electron chi connectivity index (χ3n) is 2.54. The Hall–Kier alpha value is -1.49. The van der Waals surface area contributed by atoms with E-state index < -0.39 is 17.7 Å². The van der Waals surface area contributed by atoms with E-state index in [1.807, 2.05) is 0 Å². The molecule has 18 heavy (non-hydrogen) atoms. The molecule has 2 nitrogen and oxygen atoms in total. The molecule has 0 aliphatic carbocycles. The highest BCUT2D eigenvalue weighted by molar-refractivity contribution is 9.10. The van der Waals surface area contributed by atoms with Crippen LogP contribution in [-0.4, -0.2) is 4.98 Å². The molecule has 0 amide bonds. The Morgan fingerprint density at radius 3 is 2.39 bits per heavy atom. The van der Waals surface area contributed by atoms with Gasteiger partial charge in [-0.2, -0.15) is 0 Å². The Morgan fingerprint density at radius 2 is 1.83 bits per heavy atom. The lowest BCUT2D eigenvalue weighted by molar-refractivity contribution is 0.544. The van der Waals surface area contributed by atoms with E-state index in [-0.39, 0.29) is 5.56 Å². The summed E-state index contributed by atoms with van der Waals surface area (Å²) in [4.78, 5) is 4.04. The van der Waals surface area contributed by atoms with Crippen LogP contribution >= 0.6 is 15.9 Å². The fourth-order valence-electron chi connectivity index (χ4n) is 1.71. The molecule has 1 atom stereocenters. The lowest BCUT2D eigenvalue weighted by atomic mass is 10.1. The summed E-state index contributed by atoms with van der Waals surface area (Å²) in [6.07, 6.45) is 1.60. The second-order valence-corrected chi connectivity index (χ2v) is 4.68. The Morgan fingerprint density at radius 1 is 1.17 bits per heavy atom. The number of hydrogen-bond acceptors (Lipinski definition) is 2. The molecule has 1 aromatic heterocycles. The van der Waals surface area contributed by atoms with Gasteiger partial charge in [0, 0.05) is 5.56 Å². The van der Waals surface area contributed by atoms with Gasteiger partial charge in [-0.25, -0.2) is 13.8 Å². The van der Waals surface area contributed by atoms with Gasteiger partial charge in [-0.3, -0.25) is 0 Å². The average molecular weight is 313 g/mol. The van der Waals surface area contributed by atoms with Gasteiger partial charge in [-0.15, -0.1) is 0 Å². The zero-order chi connectivity index (χ0) is 13.1. The second kappa shape index (κ2) is 5.44.